The van der Waals surface area contributed by atoms with E-state index in [4.69, 9.17) is 0 Å². The van der Waals surface area contributed by atoms with Gasteiger partial charge < -0.3 is 8.97 Å². The van der Waals surface area contributed by atoms with Crippen molar-refractivity contribution in [2.45, 2.75) is 0 Å². The van der Waals surface area contributed by atoms with Crippen LogP contribution in [0.15, 0.2) is 122 Å². The summed E-state index contributed by atoms with van der Waals surface area (Å²) in [4.78, 5) is 4.60. The van der Waals surface area contributed by atoms with Crippen molar-refractivity contribution in [3.05, 3.63) is 128 Å². The smallest absolute Gasteiger partial charge is 0.0608 e. The molecule has 37 heavy (non-hydrogen) atoms. The van der Waals surface area contributed by atoms with Crippen LogP contribution in [0.3, 0.4) is 0 Å². The summed E-state index contributed by atoms with van der Waals surface area (Å²) in [5.41, 5.74) is 8.12. The third kappa shape index (κ3) is 3.20. The van der Waals surface area contributed by atoms with Crippen LogP contribution in [-0.4, -0.2) is 14.0 Å². The molecule has 0 N–H and O–H groups in total. The molecule has 0 atom stereocenters. The number of para-hydroxylation sites is 2. The molecule has 0 bridgehead atoms. The van der Waals surface area contributed by atoms with E-state index in [1.165, 1.54) is 49.4 Å². The largest absolute Gasteiger partial charge is 0.340 e. The quantitative estimate of drug-likeness (QED) is 0.137. The van der Waals surface area contributed by atoms with Gasteiger partial charge in [-0.1, -0.05) is 60.0 Å². The van der Waals surface area contributed by atoms with Gasteiger partial charge in [-0.2, -0.15) is 0 Å². The minimum Gasteiger partial charge on any atom is -0.340 e. The van der Waals surface area contributed by atoms with E-state index >= 15 is 0 Å². The minimum absolute atomic E-state index is 0. The molecule has 4 heteroatoms. The first-order chi connectivity index (χ1) is 17.9. The van der Waals surface area contributed by atoms with E-state index < -0.39 is 0 Å². The first-order valence-corrected chi connectivity index (χ1v) is 12.1. The van der Waals surface area contributed by atoms with E-state index in [1.807, 2.05) is 18.5 Å². The number of nitrogens with zero attached hydrogens (tertiary/aromatic N) is 3. The molecule has 8 aromatic rings. The Morgan fingerprint density at radius 2 is 1.27 bits per heavy atom. The van der Waals surface area contributed by atoms with Gasteiger partial charge in [0, 0.05) is 54.5 Å². The summed E-state index contributed by atoms with van der Waals surface area (Å²) in [6.07, 6.45) is 3.89. The summed E-state index contributed by atoms with van der Waals surface area (Å²) < 4.78 is 4.52. The minimum atomic E-state index is 0. The molecule has 5 aromatic carbocycles. The summed E-state index contributed by atoms with van der Waals surface area (Å²) in [6, 6.07) is 42.4. The molecule has 3 nitrogen and oxygen atoms in total. The van der Waals surface area contributed by atoms with Crippen molar-refractivity contribution in [3.8, 4) is 16.8 Å². The Balaban J connectivity index is 0.00000231. The van der Waals surface area contributed by atoms with Gasteiger partial charge >= 0.3 is 0 Å². The Kier molecular flexibility index (Phi) is 5.00. The van der Waals surface area contributed by atoms with Crippen LogP contribution in [0.1, 0.15) is 0 Å². The zero-order valence-corrected chi connectivity index (χ0v) is 22.1. The molecule has 1 radical (unpaired) electrons. The molecule has 3 aromatic heterocycles. The molecule has 0 amide bonds. The molecule has 0 saturated heterocycles. The predicted octanol–water partition coefficient (Wildman–Crippen LogP) is 8.20. The van der Waals surface area contributed by atoms with Gasteiger partial charge in [-0.3, -0.25) is 4.98 Å². The van der Waals surface area contributed by atoms with Gasteiger partial charge in [0.2, 0.25) is 0 Å². The summed E-state index contributed by atoms with van der Waals surface area (Å²) in [6.45, 7) is 0. The molecular weight excluding hydrogens is 631 g/mol. The third-order valence-corrected chi connectivity index (χ3v) is 7.29. The Labute approximate surface area is 227 Å². The monoisotopic (exact) mass is 651 g/mol. The molecule has 0 aliphatic rings. The number of fused-ring (bicyclic) bond motifs is 9. The summed E-state index contributed by atoms with van der Waals surface area (Å²) in [5, 5.41) is 5.95. The first-order valence-electron chi connectivity index (χ1n) is 12.1. The molecule has 0 aliphatic heterocycles. The normalized spacial score (nSPS) is 11.6. The van der Waals surface area contributed by atoms with E-state index in [-0.39, 0.29) is 20.1 Å². The van der Waals surface area contributed by atoms with Crippen LogP contribution in [0.25, 0.3) is 65.9 Å². The van der Waals surface area contributed by atoms with Gasteiger partial charge in [0.15, 0.2) is 0 Å². The molecule has 0 unspecified atom stereocenters. The molecule has 0 fully saturated rings. The van der Waals surface area contributed by atoms with Crippen molar-refractivity contribution in [2.75, 3.05) is 0 Å². The van der Waals surface area contributed by atoms with Crippen LogP contribution < -0.4 is 0 Å². The van der Waals surface area contributed by atoms with Crippen molar-refractivity contribution in [1.29, 1.82) is 0 Å². The number of hydrogen-bond acceptors (Lipinski definition) is 1. The second-order valence-corrected chi connectivity index (χ2v) is 9.23. The number of benzene rings is 5. The van der Waals surface area contributed by atoms with Crippen molar-refractivity contribution < 1.29 is 20.1 Å². The van der Waals surface area contributed by atoms with Crippen molar-refractivity contribution in [2.24, 2.45) is 0 Å². The van der Waals surface area contributed by atoms with E-state index in [0.717, 1.165) is 16.6 Å². The fraction of sp³-hybridized carbons (Fsp3) is 0. The Bertz CT molecular complexity index is 2100. The van der Waals surface area contributed by atoms with E-state index in [2.05, 4.69) is 123 Å². The number of imidazole rings is 1. The van der Waals surface area contributed by atoms with E-state index in [9.17, 15) is 0 Å². The second-order valence-electron chi connectivity index (χ2n) is 9.23. The third-order valence-electron chi connectivity index (χ3n) is 7.29. The van der Waals surface area contributed by atoms with Gasteiger partial charge in [0.05, 0.1) is 16.7 Å². The molecule has 0 spiro atoms. The van der Waals surface area contributed by atoms with Crippen LogP contribution in [0.5, 0.6) is 0 Å². The summed E-state index contributed by atoms with van der Waals surface area (Å²) in [7, 11) is 0. The Hall–Kier alpha value is -4.24. The summed E-state index contributed by atoms with van der Waals surface area (Å²) >= 11 is 0. The average Bonchev–Trinajstić information content (AvgIpc) is 3.57. The zero-order chi connectivity index (χ0) is 23.6. The molecule has 177 valence electrons. The zero-order valence-electron chi connectivity index (χ0n) is 19.7. The number of aromatic nitrogens is 3. The van der Waals surface area contributed by atoms with Crippen LogP contribution in [-0.2, 0) is 20.1 Å². The number of hydrogen-bond donors (Lipinski definition) is 0. The topological polar surface area (TPSA) is 22.2 Å². The van der Waals surface area contributed by atoms with Crippen molar-refractivity contribution in [3.63, 3.8) is 0 Å². The van der Waals surface area contributed by atoms with E-state index in [0.29, 0.717) is 0 Å². The van der Waals surface area contributed by atoms with Gasteiger partial charge in [0.25, 0.3) is 0 Å². The Morgan fingerprint density at radius 1 is 0.595 bits per heavy atom. The van der Waals surface area contributed by atoms with Crippen LogP contribution in [0.2, 0.25) is 0 Å². The van der Waals surface area contributed by atoms with Crippen LogP contribution in [0.4, 0.5) is 0 Å². The second kappa shape index (κ2) is 8.41. The fourth-order valence-electron chi connectivity index (χ4n) is 5.68. The fourth-order valence-corrected chi connectivity index (χ4v) is 5.68. The van der Waals surface area contributed by atoms with Crippen molar-refractivity contribution in [1.82, 2.24) is 14.0 Å². The van der Waals surface area contributed by atoms with Gasteiger partial charge in [-0.05, 0) is 52.9 Å². The van der Waals surface area contributed by atoms with Crippen molar-refractivity contribution >= 4 is 49.1 Å². The predicted molar refractivity (Wildman–Crippen MR) is 149 cm³/mol. The standard InChI is InChI=1S/C33H20N3.Ir/c1-2-8-24(9-3-1)36-31-13-7-6-11-26(31)29-21-23(15-17-32(29)36)22-14-16-30-28(20-22)25-10-4-5-12-27(25)33-34-18-19-35(30)33;/h1-11,13-21H;/q-1;. The molecule has 0 saturated carbocycles. The van der Waals surface area contributed by atoms with Gasteiger partial charge in [0.1, 0.15) is 0 Å². The van der Waals surface area contributed by atoms with Gasteiger partial charge in [-0.25, -0.2) is 0 Å². The van der Waals surface area contributed by atoms with Crippen LogP contribution >= 0.6 is 0 Å². The average molecular weight is 651 g/mol. The maximum absolute atomic E-state index is 4.60. The SMILES string of the molecule is [Ir].[c-]1cccc2c1c1nccn1c1ccc(-c3ccc4c(c3)c3ccccc3n4-c3ccccc3)cc21. The maximum atomic E-state index is 4.60. The van der Waals surface area contributed by atoms with Gasteiger partial charge in [-0.15, -0.1) is 29.7 Å². The molecule has 8 rings (SSSR count). The van der Waals surface area contributed by atoms with Crippen LogP contribution in [0, 0.1) is 6.07 Å². The maximum Gasteiger partial charge on any atom is 0.0608 e. The molecule has 3 heterocycles. The first kappa shape index (κ1) is 22.0. The molecular formula is C33H20IrN3-. The number of rotatable bonds is 2. The molecule has 0 aliphatic carbocycles. The number of pyridine rings is 1. The Morgan fingerprint density at radius 3 is 2.11 bits per heavy atom. The van der Waals surface area contributed by atoms with E-state index in [1.54, 1.807) is 0 Å². The summed E-state index contributed by atoms with van der Waals surface area (Å²) in [5.74, 6) is 0.